The molecule has 2 heterocycles. The van der Waals surface area contributed by atoms with E-state index < -0.39 is 12.0 Å². The zero-order valence-corrected chi connectivity index (χ0v) is 24.9. The maximum Gasteiger partial charge on any atom is 0.338 e. The van der Waals surface area contributed by atoms with Gasteiger partial charge in [-0.2, -0.15) is 0 Å². The van der Waals surface area contributed by atoms with E-state index in [1.165, 1.54) is 30.1 Å². The van der Waals surface area contributed by atoms with Gasteiger partial charge < -0.3 is 23.7 Å². The fourth-order valence-electron chi connectivity index (χ4n) is 4.41. The number of para-hydroxylation sites is 1. The molecule has 0 spiro atoms. The van der Waals surface area contributed by atoms with Gasteiger partial charge in [0.1, 0.15) is 0 Å². The van der Waals surface area contributed by atoms with Crippen LogP contribution in [0.3, 0.4) is 0 Å². The molecular formula is C28H29BrN2O7S. The van der Waals surface area contributed by atoms with Gasteiger partial charge in [-0.05, 0) is 50.6 Å². The van der Waals surface area contributed by atoms with E-state index in [-0.39, 0.29) is 17.7 Å². The topological polar surface area (TPSA) is 97.6 Å². The van der Waals surface area contributed by atoms with Crippen molar-refractivity contribution < 1.29 is 28.5 Å². The van der Waals surface area contributed by atoms with Crippen LogP contribution < -0.4 is 33.8 Å². The second kappa shape index (κ2) is 12.1. The first-order chi connectivity index (χ1) is 18.8. The van der Waals surface area contributed by atoms with E-state index in [2.05, 4.69) is 20.9 Å². The van der Waals surface area contributed by atoms with Gasteiger partial charge in [0.05, 0.1) is 56.4 Å². The van der Waals surface area contributed by atoms with E-state index >= 15 is 0 Å². The van der Waals surface area contributed by atoms with Crippen LogP contribution in [-0.4, -0.2) is 45.1 Å². The van der Waals surface area contributed by atoms with Gasteiger partial charge in [-0.15, -0.1) is 0 Å². The number of nitrogens with zero attached hydrogens (tertiary/aromatic N) is 2. The Morgan fingerprint density at radius 2 is 1.77 bits per heavy atom. The van der Waals surface area contributed by atoms with Crippen molar-refractivity contribution in [2.75, 3.05) is 34.5 Å². The van der Waals surface area contributed by atoms with Crippen molar-refractivity contribution in [3.05, 3.63) is 76.9 Å². The highest BCUT2D eigenvalue weighted by atomic mass is 79.9. The minimum absolute atomic E-state index is 0.176. The molecule has 1 atom stereocenters. The van der Waals surface area contributed by atoms with Crippen LogP contribution in [0.2, 0.25) is 0 Å². The molecule has 2 aromatic carbocycles. The summed E-state index contributed by atoms with van der Waals surface area (Å²) in [6.45, 7) is 5.95. The summed E-state index contributed by atoms with van der Waals surface area (Å²) < 4.78 is 30.2. The molecule has 0 unspecified atom stereocenters. The van der Waals surface area contributed by atoms with Gasteiger partial charge >= 0.3 is 5.97 Å². The Balaban J connectivity index is 2.02. The van der Waals surface area contributed by atoms with Crippen molar-refractivity contribution in [3.8, 4) is 23.0 Å². The van der Waals surface area contributed by atoms with Gasteiger partial charge in [0.2, 0.25) is 0 Å². The molecule has 11 heteroatoms. The maximum absolute atomic E-state index is 14.0. The minimum Gasteiger partial charge on any atom is -0.493 e. The summed E-state index contributed by atoms with van der Waals surface area (Å²) in [6.07, 6.45) is 1.75. The number of allylic oxidation sites excluding steroid dienone is 1. The molecule has 206 valence electrons. The number of esters is 1. The third kappa shape index (κ3) is 5.33. The van der Waals surface area contributed by atoms with Crippen molar-refractivity contribution in [1.82, 2.24) is 4.57 Å². The van der Waals surface area contributed by atoms with Crippen molar-refractivity contribution in [3.63, 3.8) is 0 Å². The van der Waals surface area contributed by atoms with Crippen LogP contribution in [0.4, 0.5) is 0 Å². The summed E-state index contributed by atoms with van der Waals surface area (Å²) in [5.74, 6) is 1.50. The fraction of sp³-hybridized carbons (Fsp3) is 0.321. The van der Waals surface area contributed by atoms with Crippen LogP contribution in [0.5, 0.6) is 23.0 Å². The van der Waals surface area contributed by atoms with Crippen molar-refractivity contribution in [1.29, 1.82) is 0 Å². The van der Waals surface area contributed by atoms with Gasteiger partial charge in [0.15, 0.2) is 27.8 Å². The Bertz CT molecular complexity index is 1620. The first kappa shape index (κ1) is 28.4. The Morgan fingerprint density at radius 3 is 2.41 bits per heavy atom. The third-order valence-corrected chi connectivity index (χ3v) is 7.79. The third-order valence-electron chi connectivity index (χ3n) is 6.12. The number of carbonyl (C=O) groups excluding carboxylic acids is 1. The van der Waals surface area contributed by atoms with Crippen molar-refractivity contribution in [2.24, 2.45) is 4.99 Å². The Morgan fingerprint density at radius 1 is 1.08 bits per heavy atom. The minimum atomic E-state index is -0.826. The Hall–Kier alpha value is -3.57. The smallest absolute Gasteiger partial charge is 0.338 e. The number of halogens is 1. The first-order valence-electron chi connectivity index (χ1n) is 12.2. The number of thiazole rings is 1. The Labute approximate surface area is 238 Å². The van der Waals surface area contributed by atoms with Crippen LogP contribution >= 0.6 is 27.3 Å². The number of methoxy groups -OCH3 is 3. The van der Waals surface area contributed by atoms with Crippen LogP contribution in [0.15, 0.2) is 55.9 Å². The number of rotatable bonds is 9. The lowest BCUT2D eigenvalue weighted by molar-refractivity contribution is -0.139. The molecule has 0 N–H and O–H groups in total. The van der Waals surface area contributed by atoms with Gasteiger partial charge in [-0.1, -0.05) is 39.4 Å². The van der Waals surface area contributed by atoms with Crippen molar-refractivity contribution >= 4 is 39.3 Å². The number of aromatic nitrogens is 1. The molecule has 0 bridgehead atoms. The van der Waals surface area contributed by atoms with Crippen LogP contribution in [0, 0.1) is 0 Å². The van der Waals surface area contributed by atoms with Crippen molar-refractivity contribution in [2.45, 2.75) is 26.8 Å². The molecule has 9 nitrogen and oxygen atoms in total. The molecule has 0 aliphatic carbocycles. The summed E-state index contributed by atoms with van der Waals surface area (Å²) in [7, 11) is 4.63. The number of hydrogen-bond donors (Lipinski definition) is 0. The van der Waals surface area contributed by atoms with Crippen LogP contribution in [0.25, 0.3) is 6.08 Å². The average Bonchev–Trinajstić information content (AvgIpc) is 3.22. The van der Waals surface area contributed by atoms with Crippen LogP contribution in [-0.2, 0) is 9.53 Å². The first-order valence-corrected chi connectivity index (χ1v) is 13.8. The molecule has 0 amide bonds. The molecule has 0 saturated carbocycles. The number of ether oxygens (including phenoxy) is 5. The number of fused-ring (bicyclic) bond motifs is 1. The standard InChI is InChI=1S/C28H29BrN2O7S/c1-7-37-25-16(10-9-11-19(25)34-4)12-22-26(32)31-24(17-13-20(35-5)21(36-6)14-18(17)29)23(27(33)38-8-2)15(3)30-28(31)39-22/h9-14,24H,7-8H2,1-6H3/b22-12-/t24-/m1/s1. The summed E-state index contributed by atoms with van der Waals surface area (Å²) >= 11 is 4.84. The second-order valence-corrected chi connectivity index (χ2v) is 10.2. The highest BCUT2D eigenvalue weighted by Crippen LogP contribution is 2.41. The lowest BCUT2D eigenvalue weighted by Gasteiger charge is -2.26. The molecule has 0 radical (unpaired) electrons. The number of hydrogen-bond acceptors (Lipinski definition) is 9. The highest BCUT2D eigenvalue weighted by Gasteiger charge is 2.35. The quantitative estimate of drug-likeness (QED) is 0.335. The molecule has 1 aromatic heterocycles. The SMILES string of the molecule is CCOC(=O)C1=C(C)N=c2s/c(=C\c3cccc(OC)c3OCC)c(=O)n2[C@@H]1c1cc(OC)c(OC)cc1Br. The molecule has 4 rings (SSSR count). The summed E-state index contributed by atoms with van der Waals surface area (Å²) in [5.41, 5.74) is 1.72. The molecule has 1 aliphatic rings. The van der Waals surface area contributed by atoms with E-state index in [4.69, 9.17) is 23.7 Å². The average molecular weight is 618 g/mol. The Kier molecular flexibility index (Phi) is 8.81. The zero-order chi connectivity index (χ0) is 28.3. The predicted octanol–water partition coefficient (Wildman–Crippen LogP) is 3.99. The van der Waals surface area contributed by atoms with E-state index in [1.807, 2.05) is 19.1 Å². The predicted molar refractivity (Wildman–Crippen MR) is 152 cm³/mol. The summed E-state index contributed by atoms with van der Waals surface area (Å²) in [5, 5.41) is 0. The highest BCUT2D eigenvalue weighted by molar-refractivity contribution is 9.10. The lowest BCUT2D eigenvalue weighted by Crippen LogP contribution is -2.40. The molecule has 1 aliphatic heterocycles. The lowest BCUT2D eigenvalue weighted by atomic mass is 9.95. The summed E-state index contributed by atoms with van der Waals surface area (Å²) in [6, 6.07) is 8.14. The monoisotopic (exact) mass is 616 g/mol. The second-order valence-electron chi connectivity index (χ2n) is 8.34. The molecule has 0 saturated heterocycles. The number of carbonyl (C=O) groups is 1. The number of benzene rings is 2. The molecule has 3 aromatic rings. The fourth-order valence-corrected chi connectivity index (χ4v) is 5.99. The van der Waals surface area contributed by atoms with E-state index in [0.29, 0.717) is 60.2 Å². The van der Waals surface area contributed by atoms with E-state index in [9.17, 15) is 9.59 Å². The van der Waals surface area contributed by atoms with E-state index in [1.54, 1.807) is 45.2 Å². The molecule has 39 heavy (non-hydrogen) atoms. The largest absolute Gasteiger partial charge is 0.493 e. The zero-order valence-electron chi connectivity index (χ0n) is 22.5. The van der Waals surface area contributed by atoms with Gasteiger partial charge in [0, 0.05) is 10.0 Å². The normalized spacial score (nSPS) is 14.9. The van der Waals surface area contributed by atoms with Crippen LogP contribution in [0.1, 0.15) is 37.9 Å². The molecular weight excluding hydrogens is 588 g/mol. The van der Waals surface area contributed by atoms with E-state index in [0.717, 1.165) is 0 Å². The maximum atomic E-state index is 14.0. The van der Waals surface area contributed by atoms with Gasteiger partial charge in [-0.3, -0.25) is 9.36 Å². The summed E-state index contributed by atoms with van der Waals surface area (Å²) in [4.78, 5) is 32.3. The van der Waals surface area contributed by atoms with Gasteiger partial charge in [-0.25, -0.2) is 9.79 Å². The molecule has 0 fully saturated rings. The van der Waals surface area contributed by atoms with Gasteiger partial charge in [0.25, 0.3) is 5.56 Å².